The highest BCUT2D eigenvalue weighted by Crippen LogP contribution is 2.15. The highest BCUT2D eigenvalue weighted by molar-refractivity contribution is 6.32. The van der Waals surface area contributed by atoms with E-state index in [4.69, 9.17) is 11.6 Å². The van der Waals surface area contributed by atoms with Crippen LogP contribution in [0.1, 0.15) is 39.8 Å². The number of ketones is 1. The van der Waals surface area contributed by atoms with E-state index in [1.165, 1.54) is 4.57 Å². The van der Waals surface area contributed by atoms with E-state index in [0.717, 1.165) is 6.42 Å². The van der Waals surface area contributed by atoms with Crippen LogP contribution in [-0.4, -0.2) is 16.6 Å². The first-order chi connectivity index (χ1) is 10.6. The van der Waals surface area contributed by atoms with E-state index in [1.807, 2.05) is 13.0 Å². The summed E-state index contributed by atoms with van der Waals surface area (Å²) >= 11 is 5.97. The summed E-state index contributed by atoms with van der Waals surface area (Å²) in [5.41, 5.74) is 0.560. The summed E-state index contributed by atoms with van der Waals surface area (Å²) in [4.78, 5) is 35.7. The molecule has 0 aliphatic rings. The SMILES string of the molecule is CCCc1cc(Cl)c(C=O)c(=O)n1CC(=O)c1ccccc1. The Balaban J connectivity index is 2.47. The van der Waals surface area contributed by atoms with Gasteiger partial charge in [0, 0.05) is 11.3 Å². The van der Waals surface area contributed by atoms with Crippen LogP contribution >= 0.6 is 11.6 Å². The van der Waals surface area contributed by atoms with Crippen LogP contribution in [0, 0.1) is 0 Å². The molecule has 0 N–H and O–H groups in total. The molecule has 0 aliphatic carbocycles. The molecule has 2 aromatic rings. The summed E-state index contributed by atoms with van der Waals surface area (Å²) in [5, 5.41) is 0.131. The van der Waals surface area contributed by atoms with E-state index < -0.39 is 5.56 Å². The van der Waals surface area contributed by atoms with Crippen molar-refractivity contribution in [2.75, 3.05) is 0 Å². The third-order valence-electron chi connectivity index (χ3n) is 3.39. The number of aldehydes is 1. The van der Waals surface area contributed by atoms with E-state index in [0.29, 0.717) is 24.0 Å². The van der Waals surface area contributed by atoms with Gasteiger partial charge >= 0.3 is 0 Å². The molecule has 4 nitrogen and oxygen atoms in total. The number of carbonyl (C=O) groups is 2. The Morgan fingerprint density at radius 2 is 1.95 bits per heavy atom. The molecule has 0 saturated carbocycles. The fourth-order valence-electron chi connectivity index (χ4n) is 2.28. The Labute approximate surface area is 133 Å². The van der Waals surface area contributed by atoms with Crippen molar-refractivity contribution >= 4 is 23.7 Å². The van der Waals surface area contributed by atoms with Crippen molar-refractivity contribution in [1.82, 2.24) is 4.57 Å². The number of nitrogens with zero attached hydrogens (tertiary/aromatic N) is 1. The lowest BCUT2D eigenvalue weighted by Gasteiger charge is -2.13. The Bertz CT molecular complexity index is 750. The maximum atomic E-state index is 12.4. The highest BCUT2D eigenvalue weighted by atomic mass is 35.5. The summed E-state index contributed by atoms with van der Waals surface area (Å²) in [6, 6.07) is 10.3. The molecule has 0 fully saturated rings. The van der Waals surface area contributed by atoms with Gasteiger partial charge < -0.3 is 4.57 Å². The van der Waals surface area contributed by atoms with Crippen LogP contribution in [-0.2, 0) is 13.0 Å². The zero-order valence-corrected chi connectivity index (χ0v) is 13.0. The topological polar surface area (TPSA) is 56.1 Å². The van der Waals surface area contributed by atoms with Crippen molar-refractivity contribution in [3.05, 3.63) is 68.6 Å². The first kappa shape index (κ1) is 16.2. The number of Topliss-reactive ketones (excluding diaryl/α,β-unsaturated/α-hetero) is 1. The van der Waals surface area contributed by atoms with Gasteiger partial charge in [0.2, 0.25) is 0 Å². The van der Waals surface area contributed by atoms with Crippen LogP contribution in [0.15, 0.2) is 41.2 Å². The minimum Gasteiger partial charge on any atom is -0.304 e. The number of pyridine rings is 1. The first-order valence-corrected chi connectivity index (χ1v) is 7.42. The van der Waals surface area contributed by atoms with E-state index in [2.05, 4.69) is 0 Å². The molecule has 114 valence electrons. The number of carbonyl (C=O) groups excluding carboxylic acids is 2. The average molecular weight is 318 g/mol. The molecule has 0 atom stereocenters. The summed E-state index contributed by atoms with van der Waals surface area (Å²) in [5.74, 6) is -0.181. The average Bonchev–Trinajstić information content (AvgIpc) is 2.52. The molecule has 1 heterocycles. The van der Waals surface area contributed by atoms with Gasteiger partial charge in [0.15, 0.2) is 12.1 Å². The monoisotopic (exact) mass is 317 g/mol. The summed E-state index contributed by atoms with van der Waals surface area (Å²) in [6.45, 7) is 1.87. The lowest BCUT2D eigenvalue weighted by molar-refractivity contribution is 0.0968. The van der Waals surface area contributed by atoms with Crippen LogP contribution in [0.25, 0.3) is 0 Å². The summed E-state index contributed by atoms with van der Waals surface area (Å²) < 4.78 is 1.34. The van der Waals surface area contributed by atoms with Gasteiger partial charge in [0.05, 0.1) is 17.1 Å². The second kappa shape index (κ2) is 7.18. The number of hydrogen-bond donors (Lipinski definition) is 0. The quantitative estimate of drug-likeness (QED) is 0.607. The van der Waals surface area contributed by atoms with Crippen molar-refractivity contribution in [1.29, 1.82) is 0 Å². The molecule has 0 bridgehead atoms. The van der Waals surface area contributed by atoms with Gasteiger partial charge in [0.1, 0.15) is 0 Å². The van der Waals surface area contributed by atoms with Crippen molar-refractivity contribution in [2.45, 2.75) is 26.3 Å². The number of aryl methyl sites for hydroxylation is 1. The van der Waals surface area contributed by atoms with E-state index in [-0.39, 0.29) is 22.9 Å². The normalized spacial score (nSPS) is 10.5. The highest BCUT2D eigenvalue weighted by Gasteiger charge is 2.16. The first-order valence-electron chi connectivity index (χ1n) is 7.04. The predicted octanol–water partition coefficient (Wildman–Crippen LogP) is 3.15. The molecule has 0 spiro atoms. The van der Waals surface area contributed by atoms with Crippen LogP contribution < -0.4 is 5.56 Å². The molecule has 2 rings (SSSR count). The third kappa shape index (κ3) is 3.34. The molecule has 0 aliphatic heterocycles. The number of hydrogen-bond acceptors (Lipinski definition) is 3. The van der Waals surface area contributed by atoms with Gasteiger partial charge in [-0.25, -0.2) is 0 Å². The van der Waals surface area contributed by atoms with Gasteiger partial charge in [-0.05, 0) is 12.5 Å². The van der Waals surface area contributed by atoms with Crippen LogP contribution in [0.4, 0.5) is 0 Å². The largest absolute Gasteiger partial charge is 0.304 e. The summed E-state index contributed by atoms with van der Waals surface area (Å²) in [7, 11) is 0. The third-order valence-corrected chi connectivity index (χ3v) is 3.71. The van der Waals surface area contributed by atoms with Crippen LogP contribution in [0.2, 0.25) is 5.02 Å². The Morgan fingerprint density at radius 3 is 2.55 bits per heavy atom. The number of aromatic nitrogens is 1. The van der Waals surface area contributed by atoms with Crippen LogP contribution in [0.3, 0.4) is 0 Å². The molecule has 1 aromatic carbocycles. The van der Waals surface area contributed by atoms with Crippen molar-refractivity contribution in [3.63, 3.8) is 0 Å². The van der Waals surface area contributed by atoms with Gasteiger partial charge in [-0.1, -0.05) is 55.3 Å². The minimum absolute atomic E-state index is 0.101. The molecule has 0 unspecified atom stereocenters. The van der Waals surface area contributed by atoms with E-state index in [1.54, 1.807) is 30.3 Å². The maximum Gasteiger partial charge on any atom is 0.263 e. The van der Waals surface area contributed by atoms with Crippen molar-refractivity contribution in [2.24, 2.45) is 0 Å². The molecule has 0 amide bonds. The van der Waals surface area contributed by atoms with Crippen molar-refractivity contribution in [3.8, 4) is 0 Å². The number of halogens is 1. The lowest BCUT2D eigenvalue weighted by atomic mass is 10.1. The van der Waals surface area contributed by atoms with Gasteiger partial charge in [-0.15, -0.1) is 0 Å². The lowest BCUT2D eigenvalue weighted by Crippen LogP contribution is -2.30. The Kier molecular flexibility index (Phi) is 5.28. The molecule has 0 saturated heterocycles. The minimum atomic E-state index is -0.518. The van der Waals surface area contributed by atoms with Gasteiger partial charge in [0.25, 0.3) is 5.56 Å². The molecular formula is C17H16ClNO3. The molecule has 0 radical (unpaired) electrons. The number of rotatable bonds is 6. The van der Waals surface area contributed by atoms with Gasteiger partial charge in [-0.2, -0.15) is 0 Å². The fourth-order valence-corrected chi connectivity index (χ4v) is 2.53. The Morgan fingerprint density at radius 1 is 1.27 bits per heavy atom. The molecular weight excluding hydrogens is 302 g/mol. The zero-order chi connectivity index (χ0) is 16.1. The fraction of sp³-hybridized carbons (Fsp3) is 0.235. The molecule has 22 heavy (non-hydrogen) atoms. The Hall–Kier alpha value is -2.20. The van der Waals surface area contributed by atoms with E-state index in [9.17, 15) is 14.4 Å². The van der Waals surface area contributed by atoms with Crippen molar-refractivity contribution < 1.29 is 9.59 Å². The second-order valence-electron chi connectivity index (χ2n) is 4.95. The smallest absolute Gasteiger partial charge is 0.263 e. The maximum absolute atomic E-state index is 12.4. The van der Waals surface area contributed by atoms with Crippen LogP contribution in [0.5, 0.6) is 0 Å². The summed E-state index contributed by atoms with van der Waals surface area (Å²) in [6.07, 6.45) is 1.84. The standard InChI is InChI=1S/C17H16ClNO3/c1-2-6-13-9-15(18)14(11-20)17(22)19(13)10-16(21)12-7-4-3-5-8-12/h3-5,7-9,11H,2,6,10H2,1H3. The zero-order valence-electron chi connectivity index (χ0n) is 12.2. The second-order valence-corrected chi connectivity index (χ2v) is 5.35. The molecule has 1 aromatic heterocycles. The van der Waals surface area contributed by atoms with Gasteiger partial charge in [-0.3, -0.25) is 14.4 Å². The number of benzene rings is 1. The van der Waals surface area contributed by atoms with E-state index >= 15 is 0 Å². The molecule has 5 heteroatoms. The predicted molar refractivity (Wildman–Crippen MR) is 85.9 cm³/mol.